The van der Waals surface area contributed by atoms with Crippen molar-refractivity contribution in [3.8, 4) is 11.3 Å². The maximum absolute atomic E-state index is 4.70. The van der Waals surface area contributed by atoms with Gasteiger partial charge in [-0.05, 0) is 11.5 Å². The van der Waals surface area contributed by atoms with Gasteiger partial charge in [0.25, 0.3) is 0 Å². The van der Waals surface area contributed by atoms with Crippen LogP contribution in [0.2, 0.25) is 0 Å². The number of aromatic amines is 2. The monoisotopic (exact) mass is 276 g/mol. The summed E-state index contributed by atoms with van der Waals surface area (Å²) in [4.78, 5) is 4.70. The second kappa shape index (κ2) is 4.75. The van der Waals surface area contributed by atoms with Crippen LogP contribution in [-0.4, -0.2) is 25.4 Å². The van der Waals surface area contributed by atoms with Gasteiger partial charge in [-0.1, -0.05) is 24.3 Å². The van der Waals surface area contributed by atoms with Gasteiger partial charge in [-0.2, -0.15) is 10.2 Å². The largest absolute Gasteiger partial charge is 0.325 e. The Balaban J connectivity index is 1.89. The van der Waals surface area contributed by atoms with Crippen LogP contribution in [0.25, 0.3) is 22.0 Å². The van der Waals surface area contributed by atoms with E-state index < -0.39 is 0 Å². The summed E-state index contributed by atoms with van der Waals surface area (Å²) in [6, 6.07) is 12.0. The molecule has 0 aliphatic carbocycles. The molecular weight excluding hydrogens is 264 g/mol. The molecule has 0 saturated heterocycles. The summed E-state index contributed by atoms with van der Waals surface area (Å²) in [6.45, 7) is 0. The average Bonchev–Trinajstić information content (AvgIpc) is 3.20. The van der Waals surface area contributed by atoms with Crippen LogP contribution < -0.4 is 5.32 Å². The van der Waals surface area contributed by atoms with Crippen LogP contribution in [0.3, 0.4) is 0 Å². The predicted octanol–water partition coefficient (Wildman–Crippen LogP) is 3.09. The molecule has 1 aromatic carbocycles. The maximum Gasteiger partial charge on any atom is 0.132 e. The lowest BCUT2D eigenvalue weighted by Gasteiger charge is -2.09. The second-order valence-electron chi connectivity index (χ2n) is 4.66. The van der Waals surface area contributed by atoms with Crippen LogP contribution in [0.15, 0.2) is 55.0 Å². The van der Waals surface area contributed by atoms with Gasteiger partial charge < -0.3 is 5.32 Å². The van der Waals surface area contributed by atoms with E-state index in [9.17, 15) is 0 Å². The maximum atomic E-state index is 4.70. The standard InChI is InChI=1S/C15H12N6/c1-2-4-12-10(3-1)7-14(19-13-5-6-16-21-13)20-15(12)11-8-17-18-9-11/h1-9H,(H,17,18)(H2,16,19,20,21). The van der Waals surface area contributed by atoms with Crippen molar-refractivity contribution in [1.29, 1.82) is 0 Å². The molecular formula is C15H12N6. The summed E-state index contributed by atoms with van der Waals surface area (Å²) >= 11 is 0. The molecule has 0 fully saturated rings. The van der Waals surface area contributed by atoms with Crippen LogP contribution in [0.1, 0.15) is 0 Å². The summed E-state index contributed by atoms with van der Waals surface area (Å²) in [6.07, 6.45) is 5.31. The SMILES string of the molecule is c1ccc2c(-c3cn[nH]c3)nc(Nc3ccn[nH]3)cc2c1. The minimum absolute atomic E-state index is 0.758. The third kappa shape index (κ3) is 2.12. The molecule has 0 atom stereocenters. The molecule has 0 radical (unpaired) electrons. The Morgan fingerprint density at radius 3 is 2.81 bits per heavy atom. The number of H-pyrrole nitrogens is 2. The minimum Gasteiger partial charge on any atom is -0.325 e. The molecule has 3 aromatic heterocycles. The van der Waals surface area contributed by atoms with Crippen LogP contribution >= 0.6 is 0 Å². The zero-order valence-corrected chi connectivity index (χ0v) is 11.0. The predicted molar refractivity (Wildman–Crippen MR) is 81.2 cm³/mol. The summed E-state index contributed by atoms with van der Waals surface area (Å²) < 4.78 is 0. The van der Waals surface area contributed by atoms with Crippen LogP contribution in [0.4, 0.5) is 11.6 Å². The van der Waals surface area contributed by atoms with E-state index in [1.54, 1.807) is 12.4 Å². The molecule has 0 amide bonds. The second-order valence-corrected chi connectivity index (χ2v) is 4.66. The molecule has 3 heterocycles. The fraction of sp³-hybridized carbons (Fsp3) is 0. The van der Waals surface area contributed by atoms with Gasteiger partial charge in [-0.3, -0.25) is 10.2 Å². The molecule has 4 aromatic rings. The fourth-order valence-electron chi connectivity index (χ4n) is 2.33. The molecule has 0 spiro atoms. The van der Waals surface area contributed by atoms with Gasteiger partial charge >= 0.3 is 0 Å². The number of nitrogens with zero attached hydrogens (tertiary/aromatic N) is 3. The van der Waals surface area contributed by atoms with Gasteiger partial charge in [0.05, 0.1) is 18.1 Å². The summed E-state index contributed by atoms with van der Waals surface area (Å²) in [5.74, 6) is 1.56. The van der Waals surface area contributed by atoms with E-state index >= 15 is 0 Å². The topological polar surface area (TPSA) is 82.3 Å². The number of hydrogen-bond donors (Lipinski definition) is 3. The van der Waals surface area contributed by atoms with Crippen molar-refractivity contribution in [1.82, 2.24) is 25.4 Å². The Bertz CT molecular complexity index is 864. The number of aromatic nitrogens is 5. The summed E-state index contributed by atoms with van der Waals surface area (Å²) in [5, 5.41) is 19.1. The van der Waals surface area contributed by atoms with E-state index in [1.807, 2.05) is 30.5 Å². The van der Waals surface area contributed by atoms with Crippen LogP contribution in [0.5, 0.6) is 0 Å². The van der Waals surface area contributed by atoms with Crippen molar-refractivity contribution in [2.24, 2.45) is 0 Å². The molecule has 6 nitrogen and oxygen atoms in total. The lowest BCUT2D eigenvalue weighted by atomic mass is 10.1. The zero-order chi connectivity index (χ0) is 14.1. The highest BCUT2D eigenvalue weighted by Gasteiger charge is 2.09. The van der Waals surface area contributed by atoms with E-state index in [0.29, 0.717) is 0 Å². The Labute approximate surface area is 120 Å². The van der Waals surface area contributed by atoms with Crippen molar-refractivity contribution in [3.05, 3.63) is 55.0 Å². The minimum atomic E-state index is 0.758. The van der Waals surface area contributed by atoms with Gasteiger partial charge in [-0.15, -0.1) is 0 Å². The number of benzene rings is 1. The van der Waals surface area contributed by atoms with E-state index in [0.717, 1.165) is 33.7 Å². The van der Waals surface area contributed by atoms with E-state index in [4.69, 9.17) is 4.98 Å². The number of hydrogen-bond acceptors (Lipinski definition) is 4. The first-order chi connectivity index (χ1) is 10.4. The van der Waals surface area contributed by atoms with Crippen molar-refractivity contribution in [2.45, 2.75) is 0 Å². The van der Waals surface area contributed by atoms with Gasteiger partial charge in [0.1, 0.15) is 11.6 Å². The molecule has 0 saturated carbocycles. The molecule has 21 heavy (non-hydrogen) atoms. The Kier molecular flexibility index (Phi) is 2.64. The van der Waals surface area contributed by atoms with Gasteiger partial charge in [0, 0.05) is 23.2 Å². The first kappa shape index (κ1) is 11.7. The van der Waals surface area contributed by atoms with Crippen molar-refractivity contribution in [2.75, 3.05) is 5.32 Å². The molecule has 4 rings (SSSR count). The lowest BCUT2D eigenvalue weighted by molar-refractivity contribution is 1.09. The third-order valence-corrected chi connectivity index (χ3v) is 3.28. The number of anilines is 2. The van der Waals surface area contributed by atoms with Crippen molar-refractivity contribution >= 4 is 22.4 Å². The molecule has 0 aliphatic rings. The summed E-state index contributed by atoms with van der Waals surface area (Å²) in [5.41, 5.74) is 1.85. The molecule has 0 bridgehead atoms. The summed E-state index contributed by atoms with van der Waals surface area (Å²) in [7, 11) is 0. The number of fused-ring (bicyclic) bond motifs is 1. The zero-order valence-electron chi connectivity index (χ0n) is 11.0. The van der Waals surface area contributed by atoms with E-state index in [1.165, 1.54) is 0 Å². The molecule has 0 aliphatic heterocycles. The normalized spacial score (nSPS) is 10.9. The van der Waals surface area contributed by atoms with Crippen LogP contribution in [-0.2, 0) is 0 Å². The van der Waals surface area contributed by atoms with Crippen molar-refractivity contribution in [3.63, 3.8) is 0 Å². The third-order valence-electron chi connectivity index (χ3n) is 3.28. The first-order valence-corrected chi connectivity index (χ1v) is 6.55. The molecule has 0 unspecified atom stereocenters. The smallest absolute Gasteiger partial charge is 0.132 e. The van der Waals surface area contributed by atoms with Crippen LogP contribution in [0, 0.1) is 0 Å². The molecule has 6 heteroatoms. The highest BCUT2D eigenvalue weighted by Crippen LogP contribution is 2.29. The lowest BCUT2D eigenvalue weighted by Crippen LogP contribution is -1.96. The number of nitrogens with one attached hydrogen (secondary N) is 3. The average molecular weight is 276 g/mol. The van der Waals surface area contributed by atoms with E-state index in [-0.39, 0.29) is 0 Å². The molecule has 102 valence electrons. The van der Waals surface area contributed by atoms with Gasteiger partial charge in [0.2, 0.25) is 0 Å². The molecule has 3 N–H and O–H groups in total. The number of pyridine rings is 1. The van der Waals surface area contributed by atoms with Crippen molar-refractivity contribution < 1.29 is 0 Å². The highest BCUT2D eigenvalue weighted by atomic mass is 15.2. The number of rotatable bonds is 3. The van der Waals surface area contributed by atoms with E-state index in [2.05, 4.69) is 37.8 Å². The van der Waals surface area contributed by atoms with Gasteiger partial charge in [-0.25, -0.2) is 4.98 Å². The van der Waals surface area contributed by atoms with Gasteiger partial charge in [0.15, 0.2) is 0 Å². The Hall–Kier alpha value is -3.15. The first-order valence-electron chi connectivity index (χ1n) is 6.55. The Morgan fingerprint density at radius 1 is 1.05 bits per heavy atom. The Morgan fingerprint density at radius 2 is 2.00 bits per heavy atom. The highest BCUT2D eigenvalue weighted by molar-refractivity contribution is 5.96. The fourth-order valence-corrected chi connectivity index (χ4v) is 2.33. The quantitative estimate of drug-likeness (QED) is 0.537.